The first-order valence-corrected chi connectivity index (χ1v) is 8.25. The lowest BCUT2D eigenvalue weighted by Crippen LogP contribution is -2.08. The lowest BCUT2D eigenvalue weighted by molar-refractivity contribution is 1.44. The quantitative estimate of drug-likeness (QED) is 0.659. The van der Waals surface area contributed by atoms with Crippen LogP contribution in [0.4, 0.5) is 0 Å². The van der Waals surface area contributed by atoms with E-state index in [2.05, 4.69) is 54.6 Å². The van der Waals surface area contributed by atoms with Crippen LogP contribution in [0.1, 0.15) is 5.56 Å². The summed E-state index contributed by atoms with van der Waals surface area (Å²) in [7, 11) is 0. The van der Waals surface area contributed by atoms with Gasteiger partial charge in [-0.2, -0.15) is 0 Å². The van der Waals surface area contributed by atoms with Crippen LogP contribution < -0.4 is 5.73 Å². The van der Waals surface area contributed by atoms with Gasteiger partial charge in [-0.25, -0.2) is 0 Å². The van der Waals surface area contributed by atoms with Crippen molar-refractivity contribution in [2.75, 3.05) is 0 Å². The zero-order valence-electron chi connectivity index (χ0n) is 13.7. The third-order valence-corrected chi connectivity index (χ3v) is 4.50. The number of rotatable bonds is 2. The van der Waals surface area contributed by atoms with Gasteiger partial charge < -0.3 is 11.1 Å². The highest BCUT2D eigenvalue weighted by Gasteiger charge is 2.09. The van der Waals surface area contributed by atoms with Crippen molar-refractivity contribution in [2.24, 2.45) is 5.73 Å². The normalized spacial score (nSPS) is 15.6. The molecule has 0 atom stereocenters. The number of nitrogens with two attached hydrogens (primary N) is 1. The van der Waals surface area contributed by atoms with Crippen LogP contribution in [-0.2, 0) is 0 Å². The third kappa shape index (κ3) is 2.90. The number of nitrogens with one attached hydrogen (secondary N) is 1. The van der Waals surface area contributed by atoms with Crippen LogP contribution in [0.5, 0.6) is 0 Å². The van der Waals surface area contributed by atoms with Crippen LogP contribution in [0.2, 0.25) is 0 Å². The minimum absolute atomic E-state index is 0.443. The second-order valence-corrected chi connectivity index (χ2v) is 6.10. The lowest BCUT2D eigenvalue weighted by Gasteiger charge is -2.11. The summed E-state index contributed by atoms with van der Waals surface area (Å²) in [6.45, 7) is 0. The van der Waals surface area contributed by atoms with E-state index in [1.54, 1.807) is 6.08 Å². The smallest absolute Gasteiger partial charge is 0.0633 e. The predicted molar refractivity (Wildman–Crippen MR) is 106 cm³/mol. The minimum atomic E-state index is 0.443. The number of fused-ring (bicyclic) bond motifs is 1. The molecule has 0 aliphatic heterocycles. The van der Waals surface area contributed by atoms with Crippen LogP contribution >= 0.6 is 0 Å². The van der Waals surface area contributed by atoms with E-state index < -0.39 is 0 Å². The van der Waals surface area contributed by atoms with Crippen LogP contribution in [0.15, 0.2) is 96.6 Å². The average Bonchev–Trinajstić information content (AvgIpc) is 2.67. The Morgan fingerprint density at radius 3 is 2.16 bits per heavy atom. The molecule has 0 heterocycles. The molecule has 0 saturated carbocycles. The van der Waals surface area contributed by atoms with E-state index in [-0.39, 0.29) is 0 Å². The Morgan fingerprint density at radius 1 is 0.720 bits per heavy atom. The van der Waals surface area contributed by atoms with Gasteiger partial charge in [-0.1, -0.05) is 78.9 Å². The van der Waals surface area contributed by atoms with Gasteiger partial charge in [0.05, 0.1) is 5.71 Å². The topological polar surface area (TPSA) is 49.9 Å². The largest absolute Gasteiger partial charge is 0.398 e. The molecule has 120 valence electrons. The summed E-state index contributed by atoms with van der Waals surface area (Å²) in [6.07, 6.45) is 7.40. The van der Waals surface area contributed by atoms with E-state index in [1.165, 1.54) is 16.3 Å². The molecule has 4 rings (SSSR count). The van der Waals surface area contributed by atoms with Crippen LogP contribution in [0, 0.1) is 5.41 Å². The Kier molecular flexibility index (Phi) is 3.79. The van der Waals surface area contributed by atoms with E-state index >= 15 is 0 Å². The fourth-order valence-corrected chi connectivity index (χ4v) is 3.08. The van der Waals surface area contributed by atoms with Gasteiger partial charge in [0.1, 0.15) is 0 Å². The van der Waals surface area contributed by atoms with Crippen molar-refractivity contribution >= 4 is 22.2 Å². The summed E-state index contributed by atoms with van der Waals surface area (Å²) in [5.74, 6) is 0. The third-order valence-electron chi connectivity index (χ3n) is 4.50. The molecule has 1 aliphatic carbocycles. The molecule has 0 bridgehead atoms. The van der Waals surface area contributed by atoms with Gasteiger partial charge in [-0.15, -0.1) is 0 Å². The van der Waals surface area contributed by atoms with E-state index in [4.69, 9.17) is 11.1 Å². The van der Waals surface area contributed by atoms with Crippen molar-refractivity contribution in [3.63, 3.8) is 0 Å². The predicted octanol–water partition coefficient (Wildman–Crippen LogP) is 5.32. The molecule has 0 fully saturated rings. The van der Waals surface area contributed by atoms with Gasteiger partial charge in [0, 0.05) is 11.3 Å². The summed E-state index contributed by atoms with van der Waals surface area (Å²) in [5, 5.41) is 10.5. The van der Waals surface area contributed by atoms with Crippen LogP contribution in [0.25, 0.3) is 27.6 Å². The summed E-state index contributed by atoms with van der Waals surface area (Å²) >= 11 is 0. The molecule has 0 aromatic heterocycles. The number of allylic oxidation sites excluding steroid dienone is 5. The van der Waals surface area contributed by atoms with Crippen molar-refractivity contribution in [2.45, 2.75) is 0 Å². The second-order valence-electron chi connectivity index (χ2n) is 6.10. The van der Waals surface area contributed by atoms with E-state index in [1.807, 2.05) is 30.4 Å². The summed E-state index contributed by atoms with van der Waals surface area (Å²) < 4.78 is 0. The van der Waals surface area contributed by atoms with Crippen molar-refractivity contribution in [1.82, 2.24) is 0 Å². The van der Waals surface area contributed by atoms with Gasteiger partial charge in [0.2, 0.25) is 0 Å². The highest BCUT2D eigenvalue weighted by molar-refractivity contribution is 6.14. The number of benzene rings is 3. The zero-order chi connectivity index (χ0) is 17.2. The molecule has 2 nitrogen and oxygen atoms in total. The van der Waals surface area contributed by atoms with E-state index in [9.17, 15) is 0 Å². The van der Waals surface area contributed by atoms with Gasteiger partial charge in [-0.05, 0) is 39.6 Å². The van der Waals surface area contributed by atoms with Gasteiger partial charge in [0.25, 0.3) is 0 Å². The molecule has 0 spiro atoms. The van der Waals surface area contributed by atoms with Crippen molar-refractivity contribution < 1.29 is 0 Å². The zero-order valence-corrected chi connectivity index (χ0v) is 13.7. The Labute approximate surface area is 147 Å². The maximum absolute atomic E-state index is 8.00. The molecule has 2 heteroatoms. The van der Waals surface area contributed by atoms with Gasteiger partial charge in [0.15, 0.2) is 0 Å². The average molecular weight is 322 g/mol. The molecule has 25 heavy (non-hydrogen) atoms. The molecule has 0 radical (unpaired) electrons. The first-order valence-electron chi connectivity index (χ1n) is 8.25. The standard InChI is InChI=1S/C23H18N2/c24-22-8-4-3-7-21(22)23(25)18-12-9-17(10-13-18)20-14-11-16-5-1-2-6-19(16)15-20/h1-15,24H,25H2/b23-21-,24-22?. The van der Waals surface area contributed by atoms with Crippen LogP contribution in [-0.4, -0.2) is 5.71 Å². The van der Waals surface area contributed by atoms with Crippen molar-refractivity contribution in [3.8, 4) is 11.1 Å². The van der Waals surface area contributed by atoms with Gasteiger partial charge >= 0.3 is 0 Å². The fourth-order valence-electron chi connectivity index (χ4n) is 3.08. The monoisotopic (exact) mass is 322 g/mol. The van der Waals surface area contributed by atoms with E-state index in [0.717, 1.165) is 16.7 Å². The maximum Gasteiger partial charge on any atom is 0.0633 e. The number of hydrogen-bond donors (Lipinski definition) is 2. The van der Waals surface area contributed by atoms with Gasteiger partial charge in [-0.3, -0.25) is 0 Å². The molecular weight excluding hydrogens is 304 g/mol. The minimum Gasteiger partial charge on any atom is -0.398 e. The molecule has 1 aliphatic rings. The Bertz CT molecular complexity index is 1050. The molecule has 3 aromatic carbocycles. The van der Waals surface area contributed by atoms with Crippen molar-refractivity contribution in [3.05, 3.63) is 102 Å². The summed E-state index contributed by atoms with van der Waals surface area (Å²) in [5.41, 5.74) is 11.4. The Hall–Kier alpha value is -3.39. The van der Waals surface area contributed by atoms with Crippen molar-refractivity contribution in [1.29, 1.82) is 5.41 Å². The van der Waals surface area contributed by atoms with Crippen LogP contribution in [0.3, 0.4) is 0 Å². The SMILES string of the molecule is N=C1C=CC=C/C1=C(/N)c1ccc(-c2ccc3ccccc3c2)cc1. The molecule has 0 saturated heterocycles. The summed E-state index contributed by atoms with van der Waals surface area (Å²) in [4.78, 5) is 0. The molecule has 3 N–H and O–H groups in total. The molecule has 0 unspecified atom stereocenters. The Balaban J connectivity index is 1.70. The first kappa shape index (κ1) is 15.2. The molecule has 3 aromatic rings. The fraction of sp³-hybridized carbons (Fsp3) is 0. The first-order chi connectivity index (χ1) is 12.2. The number of hydrogen-bond acceptors (Lipinski definition) is 2. The lowest BCUT2D eigenvalue weighted by atomic mass is 9.96. The summed E-state index contributed by atoms with van der Waals surface area (Å²) in [6, 6.07) is 23.1. The molecule has 0 amide bonds. The maximum atomic E-state index is 8.00. The van der Waals surface area contributed by atoms with E-state index in [0.29, 0.717) is 11.4 Å². The Morgan fingerprint density at radius 2 is 1.40 bits per heavy atom. The highest BCUT2D eigenvalue weighted by Crippen LogP contribution is 2.26. The highest BCUT2D eigenvalue weighted by atomic mass is 14.6. The second kappa shape index (κ2) is 6.25. The molecular formula is C23H18N2.